The molecule has 0 spiro atoms. The van der Waals surface area contributed by atoms with Gasteiger partial charge in [0.15, 0.2) is 11.5 Å². The average Bonchev–Trinajstić information content (AvgIpc) is 3.63. The lowest BCUT2D eigenvalue weighted by atomic mass is 10.0. The standard InChI is InChI=1S/C39H22N4O/c1-2-8-23(9-3-1)24-10-6-11-27(20-24)37-40-38-30-13-7-15-35-36(30)31-21-25(17-19-34(31)44-35)26-16-18-29-28-12-4-5-14-32(28)43(33(29)22-26)39(41-37)42-38/h1-22H. The number of aromatic nitrogens is 4. The summed E-state index contributed by atoms with van der Waals surface area (Å²) in [7, 11) is 0. The average molecular weight is 563 g/mol. The number of hydrogen-bond donors (Lipinski definition) is 0. The SMILES string of the molecule is c1ccc(-c2cccc(-c3nc4nc(n3)n3c5ccccc5c5ccc(cc53)c3ccc5oc6cccc4c6c5c3)c2)cc1. The van der Waals surface area contributed by atoms with Crippen molar-refractivity contribution in [3.8, 4) is 22.5 Å². The molecule has 0 N–H and O–H groups in total. The highest BCUT2D eigenvalue weighted by molar-refractivity contribution is 6.19. The van der Waals surface area contributed by atoms with Crippen molar-refractivity contribution in [2.45, 2.75) is 0 Å². The lowest BCUT2D eigenvalue weighted by molar-refractivity contribution is 0.669. The maximum absolute atomic E-state index is 6.34. The van der Waals surface area contributed by atoms with E-state index in [1.807, 2.05) is 18.2 Å². The van der Waals surface area contributed by atoms with Gasteiger partial charge in [0.1, 0.15) is 11.2 Å². The Morgan fingerprint density at radius 1 is 0.455 bits per heavy atom. The third kappa shape index (κ3) is 3.32. The van der Waals surface area contributed by atoms with Crippen molar-refractivity contribution in [1.82, 2.24) is 19.4 Å². The number of nitrogens with zero attached hydrogens (tertiary/aromatic N) is 4. The third-order valence-electron chi connectivity index (χ3n) is 8.79. The van der Waals surface area contributed by atoms with Gasteiger partial charge in [0, 0.05) is 32.5 Å². The van der Waals surface area contributed by atoms with E-state index in [0.29, 0.717) is 17.2 Å². The molecule has 0 radical (unpaired) electrons. The van der Waals surface area contributed by atoms with Crippen molar-refractivity contribution in [2.24, 2.45) is 0 Å². The Kier molecular flexibility index (Phi) is 4.66. The van der Waals surface area contributed by atoms with Crippen molar-refractivity contribution in [2.75, 3.05) is 0 Å². The van der Waals surface area contributed by atoms with Gasteiger partial charge < -0.3 is 4.42 Å². The fourth-order valence-electron chi connectivity index (χ4n) is 6.74. The molecule has 6 aromatic carbocycles. The summed E-state index contributed by atoms with van der Waals surface area (Å²) >= 11 is 0. The van der Waals surface area contributed by atoms with E-state index in [2.05, 4.69) is 120 Å². The highest BCUT2D eigenvalue weighted by atomic mass is 16.3. The number of benzene rings is 6. The molecule has 204 valence electrons. The molecule has 4 aromatic heterocycles. The van der Waals surface area contributed by atoms with E-state index in [1.54, 1.807) is 0 Å². The number of rotatable bonds is 2. The van der Waals surface area contributed by atoms with Crippen molar-refractivity contribution in [1.29, 1.82) is 0 Å². The maximum Gasteiger partial charge on any atom is 0.238 e. The fraction of sp³-hybridized carbons (Fsp3) is 0. The lowest BCUT2D eigenvalue weighted by Gasteiger charge is -2.07. The van der Waals surface area contributed by atoms with Crippen molar-refractivity contribution in [3.05, 3.63) is 133 Å². The summed E-state index contributed by atoms with van der Waals surface area (Å²) in [4.78, 5) is 15.5. The molecule has 5 heteroatoms. The number of para-hydroxylation sites is 1. The van der Waals surface area contributed by atoms with Crippen LogP contribution in [0.5, 0.6) is 0 Å². The van der Waals surface area contributed by atoms with Crippen LogP contribution in [0, 0.1) is 0 Å². The first kappa shape index (κ1) is 23.5. The van der Waals surface area contributed by atoms with E-state index in [1.165, 1.54) is 0 Å². The predicted octanol–water partition coefficient (Wildman–Crippen LogP) is 9.97. The molecule has 4 heterocycles. The van der Waals surface area contributed by atoms with Crippen molar-refractivity contribution < 1.29 is 4.42 Å². The minimum absolute atomic E-state index is 0.583. The van der Waals surface area contributed by atoms with Gasteiger partial charge in [-0.2, -0.15) is 9.97 Å². The molecule has 0 aliphatic rings. The summed E-state index contributed by atoms with van der Waals surface area (Å²) in [6, 6.07) is 46.5. The van der Waals surface area contributed by atoms with Gasteiger partial charge in [0.05, 0.1) is 11.0 Å². The van der Waals surface area contributed by atoms with Crippen LogP contribution in [0.3, 0.4) is 0 Å². The van der Waals surface area contributed by atoms with Crippen LogP contribution >= 0.6 is 0 Å². The second-order valence-corrected chi connectivity index (χ2v) is 11.3. The molecule has 0 atom stereocenters. The Morgan fingerprint density at radius 3 is 2.16 bits per heavy atom. The maximum atomic E-state index is 6.34. The van der Waals surface area contributed by atoms with Crippen LogP contribution in [0.4, 0.5) is 0 Å². The Labute approximate surface area is 250 Å². The molecular formula is C39H22N4O. The second-order valence-electron chi connectivity index (χ2n) is 11.3. The summed E-state index contributed by atoms with van der Waals surface area (Å²) in [5.41, 5.74) is 7.54. The third-order valence-corrected chi connectivity index (χ3v) is 8.79. The summed E-state index contributed by atoms with van der Waals surface area (Å²) in [5.74, 6) is 1.20. The topological polar surface area (TPSA) is 56.2 Å². The molecule has 0 fully saturated rings. The first-order valence-electron chi connectivity index (χ1n) is 14.7. The first-order chi connectivity index (χ1) is 21.8. The van der Waals surface area contributed by atoms with Gasteiger partial charge in [-0.3, -0.25) is 4.40 Å². The molecule has 5 nitrogen and oxygen atoms in total. The van der Waals surface area contributed by atoms with E-state index in [4.69, 9.17) is 19.4 Å². The zero-order chi connectivity index (χ0) is 28.8. The van der Waals surface area contributed by atoms with E-state index in [9.17, 15) is 0 Å². The largest absolute Gasteiger partial charge is 0.456 e. The van der Waals surface area contributed by atoms with Gasteiger partial charge in [-0.15, -0.1) is 0 Å². The zero-order valence-corrected chi connectivity index (χ0v) is 23.4. The molecule has 0 amide bonds. The van der Waals surface area contributed by atoms with Gasteiger partial charge in [-0.25, -0.2) is 4.98 Å². The quantitative estimate of drug-likeness (QED) is 0.210. The van der Waals surface area contributed by atoms with Gasteiger partial charge in [0.25, 0.3) is 0 Å². The molecular weight excluding hydrogens is 540 g/mol. The number of fused-ring (bicyclic) bond motifs is 10. The Balaban J connectivity index is 1.44. The highest BCUT2D eigenvalue weighted by Gasteiger charge is 2.16. The van der Waals surface area contributed by atoms with Crippen LogP contribution in [-0.2, 0) is 0 Å². The number of furan rings is 1. The lowest BCUT2D eigenvalue weighted by Crippen LogP contribution is -1.99. The molecule has 0 saturated carbocycles. The Morgan fingerprint density at radius 2 is 1.20 bits per heavy atom. The fourth-order valence-corrected chi connectivity index (χ4v) is 6.74. The molecule has 0 aliphatic heterocycles. The molecule has 44 heavy (non-hydrogen) atoms. The van der Waals surface area contributed by atoms with Crippen molar-refractivity contribution in [3.63, 3.8) is 0 Å². The molecule has 10 aromatic rings. The van der Waals surface area contributed by atoms with Gasteiger partial charge in [-0.1, -0.05) is 97.1 Å². The van der Waals surface area contributed by atoms with Crippen molar-refractivity contribution >= 4 is 71.3 Å². The minimum atomic E-state index is 0.583. The minimum Gasteiger partial charge on any atom is -0.456 e. The molecule has 0 aliphatic carbocycles. The van der Waals surface area contributed by atoms with Gasteiger partial charge in [-0.05, 0) is 58.3 Å². The van der Waals surface area contributed by atoms with E-state index in [-0.39, 0.29) is 0 Å². The second kappa shape index (κ2) is 8.72. The monoisotopic (exact) mass is 562 g/mol. The smallest absolute Gasteiger partial charge is 0.238 e. The predicted molar refractivity (Wildman–Crippen MR) is 179 cm³/mol. The van der Waals surface area contributed by atoms with Crippen LogP contribution in [0.2, 0.25) is 0 Å². The summed E-state index contributed by atoms with van der Waals surface area (Å²) in [6.07, 6.45) is 0. The molecule has 0 unspecified atom stereocenters. The van der Waals surface area contributed by atoms with E-state index < -0.39 is 0 Å². The number of hydrogen-bond acceptors (Lipinski definition) is 4. The normalized spacial score (nSPS) is 12.1. The summed E-state index contributed by atoms with van der Waals surface area (Å²) < 4.78 is 8.53. The van der Waals surface area contributed by atoms with Crippen LogP contribution < -0.4 is 0 Å². The summed E-state index contributed by atoms with van der Waals surface area (Å²) in [5, 5.41) is 7.54. The molecule has 0 saturated heterocycles. The van der Waals surface area contributed by atoms with Crippen LogP contribution in [-0.4, -0.2) is 19.4 Å². The van der Waals surface area contributed by atoms with Gasteiger partial charge in [0.2, 0.25) is 5.78 Å². The van der Waals surface area contributed by atoms with Crippen LogP contribution in [0.1, 0.15) is 0 Å². The van der Waals surface area contributed by atoms with Crippen LogP contribution in [0.25, 0.3) is 93.8 Å². The van der Waals surface area contributed by atoms with Crippen LogP contribution in [0.15, 0.2) is 138 Å². The Bertz CT molecular complexity index is 2780. The summed E-state index contributed by atoms with van der Waals surface area (Å²) in [6.45, 7) is 0. The van der Waals surface area contributed by atoms with E-state index in [0.717, 1.165) is 76.6 Å². The molecule has 6 bridgehead atoms. The first-order valence-corrected chi connectivity index (χ1v) is 14.7. The Hall–Kier alpha value is -6.07. The highest BCUT2D eigenvalue weighted by Crippen LogP contribution is 2.37. The zero-order valence-electron chi connectivity index (χ0n) is 23.4. The van der Waals surface area contributed by atoms with Gasteiger partial charge >= 0.3 is 0 Å². The van der Waals surface area contributed by atoms with E-state index >= 15 is 0 Å². The molecule has 10 rings (SSSR count).